The third-order valence-corrected chi connectivity index (χ3v) is 6.22. The molecule has 1 saturated carbocycles. The fourth-order valence-corrected chi connectivity index (χ4v) is 4.47. The fraction of sp³-hybridized carbons (Fsp3) is 0.588. The van der Waals surface area contributed by atoms with Crippen molar-refractivity contribution in [3.8, 4) is 10.7 Å². The summed E-state index contributed by atoms with van der Waals surface area (Å²) in [6, 6.07) is 3.37. The highest BCUT2D eigenvalue weighted by Gasteiger charge is 2.34. The van der Waals surface area contributed by atoms with Gasteiger partial charge in [0.1, 0.15) is 6.04 Å². The molecule has 0 radical (unpaired) electrons. The lowest BCUT2D eigenvalue weighted by molar-refractivity contribution is -0.125. The predicted molar refractivity (Wildman–Crippen MR) is 101 cm³/mol. The number of H-pyrrole nitrogens is 1. The Balaban J connectivity index is 1.71. The van der Waals surface area contributed by atoms with E-state index in [1.807, 2.05) is 24.4 Å². The summed E-state index contributed by atoms with van der Waals surface area (Å²) in [5.74, 6) is 0.736. The molecule has 25 heavy (non-hydrogen) atoms. The van der Waals surface area contributed by atoms with E-state index < -0.39 is 11.6 Å². The molecule has 136 valence electrons. The first-order chi connectivity index (χ1) is 11.9. The first-order valence-electron chi connectivity index (χ1n) is 8.61. The maximum Gasteiger partial charge on any atom is 0.243 e. The van der Waals surface area contributed by atoms with Gasteiger partial charge in [-0.25, -0.2) is 0 Å². The van der Waals surface area contributed by atoms with Gasteiger partial charge in [-0.05, 0) is 56.3 Å². The number of nitrogens with one attached hydrogen (secondary N) is 2. The Labute approximate surface area is 156 Å². The molecular formula is C17H24N4O2S2. The summed E-state index contributed by atoms with van der Waals surface area (Å²) in [5.41, 5.74) is -0.875. The Bertz CT molecular complexity index is 773. The van der Waals surface area contributed by atoms with E-state index in [1.54, 1.807) is 22.8 Å². The number of amides is 1. The first-order valence-corrected chi connectivity index (χ1v) is 9.90. The lowest BCUT2D eigenvalue weighted by Gasteiger charge is -2.30. The van der Waals surface area contributed by atoms with Gasteiger partial charge in [0.2, 0.25) is 5.91 Å². The maximum absolute atomic E-state index is 12.6. The van der Waals surface area contributed by atoms with Crippen molar-refractivity contribution >= 4 is 29.5 Å². The molecule has 2 heterocycles. The van der Waals surface area contributed by atoms with Crippen molar-refractivity contribution in [2.45, 2.75) is 51.2 Å². The molecule has 0 spiro atoms. The van der Waals surface area contributed by atoms with E-state index in [0.29, 0.717) is 10.6 Å². The molecule has 2 unspecified atom stereocenters. The van der Waals surface area contributed by atoms with Gasteiger partial charge in [-0.15, -0.1) is 11.3 Å². The highest BCUT2D eigenvalue weighted by molar-refractivity contribution is 7.71. The second-order valence-corrected chi connectivity index (χ2v) is 8.27. The lowest BCUT2D eigenvalue weighted by Crippen LogP contribution is -2.46. The van der Waals surface area contributed by atoms with Crippen LogP contribution in [0.4, 0.5) is 0 Å². The number of carbonyl (C=O) groups is 1. The number of nitrogens with zero attached hydrogens (tertiary/aromatic N) is 2. The zero-order chi connectivity index (χ0) is 18.0. The molecule has 2 atom stereocenters. The fourth-order valence-electron chi connectivity index (χ4n) is 3.47. The maximum atomic E-state index is 12.6. The summed E-state index contributed by atoms with van der Waals surface area (Å²) in [6.45, 7) is 3.86. The van der Waals surface area contributed by atoms with Crippen molar-refractivity contribution in [2.75, 3.05) is 6.54 Å². The molecule has 0 aromatic carbocycles. The summed E-state index contributed by atoms with van der Waals surface area (Å²) in [5, 5.41) is 22.6. The summed E-state index contributed by atoms with van der Waals surface area (Å²) in [4.78, 5) is 13.6. The van der Waals surface area contributed by atoms with E-state index in [1.165, 1.54) is 0 Å². The van der Waals surface area contributed by atoms with Gasteiger partial charge >= 0.3 is 0 Å². The number of aromatic amines is 1. The smallest absolute Gasteiger partial charge is 0.243 e. The molecule has 3 rings (SSSR count). The third-order valence-electron chi connectivity index (χ3n) is 5.07. The quantitative estimate of drug-likeness (QED) is 0.672. The summed E-state index contributed by atoms with van der Waals surface area (Å²) >= 11 is 6.85. The Hall–Kier alpha value is -1.51. The number of rotatable bonds is 6. The van der Waals surface area contributed by atoms with Crippen LogP contribution < -0.4 is 5.32 Å². The van der Waals surface area contributed by atoms with Crippen LogP contribution in [0.15, 0.2) is 17.5 Å². The highest BCUT2D eigenvalue weighted by Crippen LogP contribution is 2.33. The van der Waals surface area contributed by atoms with Crippen LogP contribution in [0.25, 0.3) is 10.7 Å². The van der Waals surface area contributed by atoms with Gasteiger partial charge in [-0.2, -0.15) is 5.10 Å². The average Bonchev–Trinajstić information content (AvgIpc) is 3.32. The molecule has 8 heteroatoms. The molecule has 0 bridgehead atoms. The van der Waals surface area contributed by atoms with Crippen molar-refractivity contribution in [3.63, 3.8) is 0 Å². The Morgan fingerprint density at radius 3 is 2.96 bits per heavy atom. The zero-order valence-corrected chi connectivity index (χ0v) is 16.1. The number of carbonyl (C=O) groups excluding carboxylic acids is 1. The number of aromatic nitrogens is 3. The second-order valence-electron chi connectivity index (χ2n) is 6.93. The van der Waals surface area contributed by atoms with Crippen LogP contribution in [-0.2, 0) is 4.79 Å². The SMILES string of the molecule is CC(C(=O)NCC(C)(O)C1CCCC1)n1c(-c2cccs2)n[nH]c1=S. The molecule has 3 N–H and O–H groups in total. The molecule has 1 aliphatic rings. The van der Waals surface area contributed by atoms with Crippen LogP contribution >= 0.6 is 23.6 Å². The van der Waals surface area contributed by atoms with E-state index in [-0.39, 0.29) is 18.4 Å². The Morgan fingerprint density at radius 1 is 1.60 bits per heavy atom. The van der Waals surface area contributed by atoms with Gasteiger partial charge in [0.25, 0.3) is 0 Å². The summed E-state index contributed by atoms with van der Waals surface area (Å²) in [7, 11) is 0. The molecule has 2 aromatic heterocycles. The van der Waals surface area contributed by atoms with E-state index in [9.17, 15) is 9.90 Å². The third kappa shape index (κ3) is 3.86. The van der Waals surface area contributed by atoms with Crippen LogP contribution in [-0.4, -0.2) is 37.9 Å². The van der Waals surface area contributed by atoms with Crippen LogP contribution in [0.3, 0.4) is 0 Å². The zero-order valence-electron chi connectivity index (χ0n) is 14.5. The first kappa shape index (κ1) is 18.3. The van der Waals surface area contributed by atoms with Crippen LogP contribution in [0.1, 0.15) is 45.6 Å². The number of hydrogen-bond donors (Lipinski definition) is 3. The van der Waals surface area contributed by atoms with Gasteiger partial charge in [0.05, 0.1) is 10.5 Å². The second kappa shape index (κ2) is 7.39. The van der Waals surface area contributed by atoms with Crippen LogP contribution in [0.5, 0.6) is 0 Å². The van der Waals surface area contributed by atoms with Gasteiger partial charge in [-0.3, -0.25) is 14.5 Å². The van der Waals surface area contributed by atoms with Crippen molar-refractivity contribution in [3.05, 3.63) is 22.3 Å². The standard InChI is InChI=1S/C17H24N4O2S2/c1-11(15(22)18-10-17(2,23)12-6-3-4-7-12)21-14(19-20-16(21)24)13-8-5-9-25-13/h5,8-9,11-12,23H,3-4,6-7,10H2,1-2H3,(H,18,22)(H,20,24). The Morgan fingerprint density at radius 2 is 2.32 bits per heavy atom. The molecule has 1 aliphatic carbocycles. The van der Waals surface area contributed by atoms with Crippen LogP contribution in [0, 0.1) is 10.7 Å². The normalized spacial score (nSPS) is 18.8. The van der Waals surface area contributed by atoms with Gasteiger partial charge in [0.15, 0.2) is 10.6 Å². The number of aliphatic hydroxyl groups is 1. The molecule has 0 saturated heterocycles. The van der Waals surface area contributed by atoms with E-state index in [4.69, 9.17) is 12.2 Å². The molecule has 0 aliphatic heterocycles. The van der Waals surface area contributed by atoms with Crippen molar-refractivity contribution in [2.24, 2.45) is 5.92 Å². The highest BCUT2D eigenvalue weighted by atomic mass is 32.1. The summed E-state index contributed by atoms with van der Waals surface area (Å²) < 4.78 is 2.13. The predicted octanol–water partition coefficient (Wildman–Crippen LogP) is 3.29. The van der Waals surface area contributed by atoms with Gasteiger partial charge < -0.3 is 10.4 Å². The minimum atomic E-state index is -0.875. The molecule has 6 nitrogen and oxygen atoms in total. The van der Waals surface area contributed by atoms with Gasteiger partial charge in [0, 0.05) is 6.54 Å². The molecule has 1 amide bonds. The molecule has 1 fully saturated rings. The van der Waals surface area contributed by atoms with Crippen molar-refractivity contribution in [1.82, 2.24) is 20.1 Å². The van der Waals surface area contributed by atoms with Crippen molar-refractivity contribution < 1.29 is 9.90 Å². The Kier molecular flexibility index (Phi) is 5.41. The minimum absolute atomic E-state index is 0.173. The van der Waals surface area contributed by atoms with E-state index in [2.05, 4.69) is 15.5 Å². The number of hydrogen-bond acceptors (Lipinski definition) is 5. The molecular weight excluding hydrogens is 356 g/mol. The topological polar surface area (TPSA) is 82.9 Å². The lowest BCUT2D eigenvalue weighted by atomic mass is 9.87. The number of thiophene rings is 1. The average molecular weight is 381 g/mol. The monoisotopic (exact) mass is 380 g/mol. The minimum Gasteiger partial charge on any atom is -0.388 e. The van der Waals surface area contributed by atoms with Crippen LogP contribution in [0.2, 0.25) is 0 Å². The largest absolute Gasteiger partial charge is 0.388 e. The van der Waals surface area contributed by atoms with Gasteiger partial charge in [-0.1, -0.05) is 18.9 Å². The molecule has 2 aromatic rings. The van der Waals surface area contributed by atoms with E-state index in [0.717, 1.165) is 30.6 Å². The van der Waals surface area contributed by atoms with Crippen molar-refractivity contribution in [1.29, 1.82) is 0 Å². The summed E-state index contributed by atoms with van der Waals surface area (Å²) in [6.07, 6.45) is 4.35. The van der Waals surface area contributed by atoms with E-state index >= 15 is 0 Å².